The number of benzene rings is 2. The molecule has 0 bridgehead atoms. The van der Waals surface area contributed by atoms with Gasteiger partial charge in [-0.05, 0) is 18.2 Å². The zero-order valence-corrected chi connectivity index (χ0v) is 12.6. The van der Waals surface area contributed by atoms with Gasteiger partial charge in [-0.15, -0.1) is 0 Å². The number of aromatic amines is 1. The molecule has 2 N–H and O–H groups in total. The van der Waals surface area contributed by atoms with Crippen molar-refractivity contribution in [2.24, 2.45) is 0 Å². The summed E-state index contributed by atoms with van der Waals surface area (Å²) in [5, 5.41) is 9.52. The van der Waals surface area contributed by atoms with Crippen molar-refractivity contribution >= 4 is 33.8 Å². The van der Waals surface area contributed by atoms with Crippen LogP contribution in [-0.4, -0.2) is 34.0 Å². The van der Waals surface area contributed by atoms with Gasteiger partial charge in [0.25, 0.3) is 0 Å². The van der Waals surface area contributed by atoms with E-state index in [-0.39, 0.29) is 5.75 Å². The zero-order chi connectivity index (χ0) is 15.0. The van der Waals surface area contributed by atoms with E-state index in [9.17, 15) is 5.11 Å². The smallest absolute Gasteiger partial charge is 0.150 e. The van der Waals surface area contributed by atoms with Crippen LogP contribution in [0.25, 0.3) is 11.0 Å². The third-order valence-corrected chi connectivity index (χ3v) is 3.73. The maximum Gasteiger partial charge on any atom is 0.150 e. The van der Waals surface area contributed by atoms with E-state index in [0.29, 0.717) is 16.2 Å². The fourth-order valence-electron chi connectivity index (χ4n) is 2.28. The average Bonchev–Trinajstić information content (AvgIpc) is 2.89. The molecule has 0 saturated carbocycles. The highest BCUT2D eigenvalue weighted by molar-refractivity contribution is 7.81. The third kappa shape index (κ3) is 2.48. The lowest BCUT2D eigenvalue weighted by atomic mass is 10.1. The van der Waals surface area contributed by atoms with Crippen LogP contribution in [0, 0.1) is 0 Å². The molecule has 1 heterocycles. The first-order valence-electron chi connectivity index (χ1n) is 6.56. The Labute approximate surface area is 128 Å². The molecular formula is C16H15N3OS. The van der Waals surface area contributed by atoms with Crippen LogP contribution in [0.5, 0.6) is 5.75 Å². The fourth-order valence-corrected chi connectivity index (χ4v) is 2.55. The number of nitrogens with one attached hydrogen (secondary N) is 1. The Hall–Kier alpha value is -2.40. The van der Waals surface area contributed by atoms with Crippen molar-refractivity contribution in [3.63, 3.8) is 0 Å². The highest BCUT2D eigenvalue weighted by Gasteiger charge is 2.14. The van der Waals surface area contributed by atoms with Crippen molar-refractivity contribution in [2.75, 3.05) is 19.0 Å². The summed E-state index contributed by atoms with van der Waals surface area (Å²) in [6, 6.07) is 13.0. The van der Waals surface area contributed by atoms with Gasteiger partial charge in [0.1, 0.15) is 11.6 Å². The van der Waals surface area contributed by atoms with Gasteiger partial charge >= 0.3 is 0 Å². The van der Waals surface area contributed by atoms with Gasteiger partial charge in [0, 0.05) is 31.4 Å². The van der Waals surface area contributed by atoms with Crippen LogP contribution in [-0.2, 0) is 0 Å². The molecule has 0 atom stereocenters. The molecule has 5 heteroatoms. The predicted molar refractivity (Wildman–Crippen MR) is 89.3 cm³/mol. The second-order valence-corrected chi connectivity index (χ2v) is 5.44. The van der Waals surface area contributed by atoms with Gasteiger partial charge in [-0.3, -0.25) is 0 Å². The molecule has 0 amide bonds. The molecule has 2 aromatic carbocycles. The van der Waals surface area contributed by atoms with E-state index in [1.54, 1.807) is 18.2 Å². The number of phenolic OH excluding ortho intramolecular Hbond substituents is 1. The minimum Gasteiger partial charge on any atom is -0.508 e. The summed E-state index contributed by atoms with van der Waals surface area (Å²) in [5.74, 6) is 0.833. The molecule has 106 valence electrons. The lowest BCUT2D eigenvalue weighted by Gasteiger charge is -2.17. The average molecular weight is 297 g/mol. The number of para-hydroxylation sites is 1. The number of fused-ring (bicyclic) bond motifs is 1. The molecule has 4 nitrogen and oxygen atoms in total. The zero-order valence-electron chi connectivity index (χ0n) is 11.8. The number of thiocarbonyl (C=S) groups is 1. The standard InChI is InChI=1S/C16H15N3OS/c1-19(2)14-6-4-3-5-11(14)15(21)16-17-12-8-7-10(20)9-13(12)18-16/h3-9,20H,1-2H3,(H,17,18). The van der Waals surface area contributed by atoms with E-state index in [1.165, 1.54) is 0 Å². The fraction of sp³-hybridized carbons (Fsp3) is 0.125. The van der Waals surface area contributed by atoms with Gasteiger partial charge in [-0.25, -0.2) is 4.98 Å². The summed E-state index contributed by atoms with van der Waals surface area (Å²) >= 11 is 5.58. The normalized spacial score (nSPS) is 10.8. The number of aromatic hydroxyl groups is 1. The summed E-state index contributed by atoms with van der Waals surface area (Å²) in [4.78, 5) is 10.4. The molecule has 0 unspecified atom stereocenters. The lowest BCUT2D eigenvalue weighted by molar-refractivity contribution is 0.476. The largest absolute Gasteiger partial charge is 0.508 e. The van der Waals surface area contributed by atoms with E-state index in [2.05, 4.69) is 9.97 Å². The Morgan fingerprint density at radius 2 is 1.95 bits per heavy atom. The van der Waals surface area contributed by atoms with Crippen LogP contribution in [0.1, 0.15) is 11.4 Å². The van der Waals surface area contributed by atoms with E-state index in [1.807, 2.05) is 43.3 Å². The minimum atomic E-state index is 0.195. The Kier molecular flexibility index (Phi) is 3.35. The van der Waals surface area contributed by atoms with Gasteiger partial charge in [-0.1, -0.05) is 30.4 Å². The minimum absolute atomic E-state index is 0.195. The number of phenols is 1. The molecule has 0 aliphatic rings. The Morgan fingerprint density at radius 1 is 1.19 bits per heavy atom. The van der Waals surface area contributed by atoms with Gasteiger partial charge in [0.15, 0.2) is 0 Å². The molecule has 0 saturated heterocycles. The molecule has 0 aliphatic carbocycles. The Morgan fingerprint density at radius 3 is 2.71 bits per heavy atom. The highest BCUT2D eigenvalue weighted by atomic mass is 32.1. The first-order chi connectivity index (χ1) is 10.1. The number of nitrogens with zero attached hydrogens (tertiary/aromatic N) is 2. The quantitative estimate of drug-likeness (QED) is 0.576. The van der Waals surface area contributed by atoms with Crippen molar-refractivity contribution in [3.05, 3.63) is 53.9 Å². The van der Waals surface area contributed by atoms with Gasteiger partial charge in [-0.2, -0.15) is 0 Å². The van der Waals surface area contributed by atoms with E-state index >= 15 is 0 Å². The summed E-state index contributed by atoms with van der Waals surface area (Å²) in [5.41, 5.74) is 3.56. The van der Waals surface area contributed by atoms with E-state index in [4.69, 9.17) is 12.2 Å². The summed E-state index contributed by atoms with van der Waals surface area (Å²) in [6.45, 7) is 0. The molecule has 0 fully saturated rings. The molecular weight excluding hydrogens is 282 g/mol. The van der Waals surface area contributed by atoms with Gasteiger partial charge < -0.3 is 15.0 Å². The number of hydrogen-bond donors (Lipinski definition) is 2. The Bertz CT molecular complexity index is 823. The number of aromatic nitrogens is 2. The SMILES string of the molecule is CN(C)c1ccccc1C(=S)c1nc2cc(O)ccc2[nH]1. The molecule has 1 aromatic heterocycles. The van der Waals surface area contributed by atoms with Crippen LogP contribution in [0.4, 0.5) is 5.69 Å². The van der Waals surface area contributed by atoms with Crippen LogP contribution in [0.3, 0.4) is 0 Å². The van der Waals surface area contributed by atoms with Crippen molar-refractivity contribution in [3.8, 4) is 5.75 Å². The molecule has 3 rings (SSSR count). The van der Waals surface area contributed by atoms with Crippen LogP contribution < -0.4 is 4.90 Å². The van der Waals surface area contributed by atoms with Crippen LogP contribution in [0.15, 0.2) is 42.5 Å². The summed E-state index contributed by atoms with van der Waals surface area (Å²) < 4.78 is 0. The van der Waals surface area contributed by atoms with E-state index in [0.717, 1.165) is 16.8 Å². The number of H-pyrrole nitrogens is 1. The molecule has 0 spiro atoms. The monoisotopic (exact) mass is 297 g/mol. The highest BCUT2D eigenvalue weighted by Crippen LogP contribution is 2.23. The topological polar surface area (TPSA) is 52.1 Å². The number of imidazole rings is 1. The maximum absolute atomic E-state index is 9.52. The number of rotatable bonds is 3. The first-order valence-corrected chi connectivity index (χ1v) is 6.97. The second-order valence-electron chi connectivity index (χ2n) is 5.03. The number of hydrogen-bond acceptors (Lipinski definition) is 4. The number of anilines is 1. The maximum atomic E-state index is 9.52. The lowest BCUT2D eigenvalue weighted by Crippen LogP contribution is -2.14. The second kappa shape index (κ2) is 5.18. The van der Waals surface area contributed by atoms with Crippen molar-refractivity contribution < 1.29 is 5.11 Å². The molecule has 3 aromatic rings. The Balaban J connectivity index is 2.08. The van der Waals surface area contributed by atoms with Crippen LogP contribution >= 0.6 is 12.2 Å². The third-order valence-electron chi connectivity index (χ3n) is 3.31. The van der Waals surface area contributed by atoms with Crippen molar-refractivity contribution in [2.45, 2.75) is 0 Å². The van der Waals surface area contributed by atoms with Gasteiger partial charge in [0.05, 0.1) is 15.9 Å². The summed E-state index contributed by atoms with van der Waals surface area (Å²) in [7, 11) is 3.97. The summed E-state index contributed by atoms with van der Waals surface area (Å²) in [6.07, 6.45) is 0. The van der Waals surface area contributed by atoms with Gasteiger partial charge in [0.2, 0.25) is 0 Å². The van der Waals surface area contributed by atoms with Crippen LogP contribution in [0.2, 0.25) is 0 Å². The van der Waals surface area contributed by atoms with E-state index < -0.39 is 0 Å². The first kappa shape index (κ1) is 13.6. The van der Waals surface area contributed by atoms with Crippen molar-refractivity contribution in [1.29, 1.82) is 0 Å². The predicted octanol–water partition coefficient (Wildman–Crippen LogP) is 3.10. The molecule has 21 heavy (non-hydrogen) atoms. The van der Waals surface area contributed by atoms with Crippen molar-refractivity contribution in [1.82, 2.24) is 9.97 Å². The molecule has 0 aliphatic heterocycles. The molecule has 0 radical (unpaired) electrons.